The molecule has 0 radical (unpaired) electrons. The Hall–Kier alpha value is -2.37. The summed E-state index contributed by atoms with van der Waals surface area (Å²) < 4.78 is 19.3. The Morgan fingerprint density at radius 1 is 1.16 bits per heavy atom. The summed E-state index contributed by atoms with van der Waals surface area (Å²) in [5.41, 5.74) is 1.53. The van der Waals surface area contributed by atoms with Gasteiger partial charge in [-0.15, -0.1) is 0 Å². The summed E-state index contributed by atoms with van der Waals surface area (Å²) in [6, 6.07) is 9.47. The largest absolute Gasteiger partial charge is 0.360 e. The third-order valence-electron chi connectivity index (χ3n) is 3.66. The lowest BCUT2D eigenvalue weighted by molar-refractivity contribution is 0.102. The smallest absolute Gasteiger partial charge is 0.261 e. The van der Waals surface area contributed by atoms with Crippen molar-refractivity contribution in [2.45, 2.75) is 13.8 Å². The van der Waals surface area contributed by atoms with Crippen LogP contribution >= 0.6 is 23.2 Å². The molecule has 4 nitrogen and oxygen atoms in total. The molecule has 0 bridgehead atoms. The number of nitrogens with zero attached hydrogens (tertiary/aromatic N) is 1. The first kappa shape index (κ1) is 17.5. The van der Waals surface area contributed by atoms with Crippen LogP contribution in [0, 0.1) is 19.7 Å². The van der Waals surface area contributed by atoms with E-state index < -0.39 is 11.7 Å². The molecule has 7 heteroatoms. The molecule has 0 aliphatic rings. The molecule has 0 fully saturated rings. The van der Waals surface area contributed by atoms with Crippen molar-refractivity contribution in [2.75, 3.05) is 5.32 Å². The van der Waals surface area contributed by atoms with E-state index in [1.165, 1.54) is 18.2 Å². The van der Waals surface area contributed by atoms with E-state index in [0.29, 0.717) is 10.7 Å². The molecule has 1 aromatic heterocycles. The van der Waals surface area contributed by atoms with Crippen LogP contribution in [0.4, 0.5) is 10.1 Å². The van der Waals surface area contributed by atoms with Crippen molar-refractivity contribution in [1.29, 1.82) is 0 Å². The average molecular weight is 379 g/mol. The topological polar surface area (TPSA) is 55.1 Å². The number of hydrogen-bond donors (Lipinski definition) is 1. The summed E-state index contributed by atoms with van der Waals surface area (Å²) in [5, 5.41) is 7.05. The Morgan fingerprint density at radius 3 is 2.64 bits per heavy atom. The summed E-state index contributed by atoms with van der Waals surface area (Å²) in [5.74, 6) is -0.861. The van der Waals surface area contributed by atoms with Crippen LogP contribution in [0.25, 0.3) is 11.3 Å². The predicted molar refractivity (Wildman–Crippen MR) is 95.8 cm³/mol. The lowest BCUT2D eigenvalue weighted by atomic mass is 10.0. The van der Waals surface area contributed by atoms with Crippen LogP contribution in [0.15, 0.2) is 40.9 Å². The van der Waals surface area contributed by atoms with Crippen molar-refractivity contribution in [3.63, 3.8) is 0 Å². The highest BCUT2D eigenvalue weighted by Crippen LogP contribution is 2.34. The van der Waals surface area contributed by atoms with Crippen molar-refractivity contribution in [1.82, 2.24) is 5.16 Å². The number of carbonyl (C=O) groups excluding carboxylic acids is 1. The highest BCUT2D eigenvalue weighted by atomic mass is 35.5. The Morgan fingerprint density at radius 2 is 1.92 bits per heavy atom. The van der Waals surface area contributed by atoms with E-state index in [2.05, 4.69) is 10.5 Å². The molecule has 1 heterocycles. The van der Waals surface area contributed by atoms with Crippen LogP contribution in [0.2, 0.25) is 10.0 Å². The molecule has 0 aliphatic carbocycles. The molecule has 0 saturated heterocycles. The van der Waals surface area contributed by atoms with Gasteiger partial charge in [-0.1, -0.05) is 40.5 Å². The maximum Gasteiger partial charge on any atom is 0.261 e. The van der Waals surface area contributed by atoms with Crippen LogP contribution in [-0.2, 0) is 0 Å². The van der Waals surface area contributed by atoms with Gasteiger partial charge in [-0.2, -0.15) is 0 Å². The van der Waals surface area contributed by atoms with Crippen molar-refractivity contribution in [3.8, 4) is 11.3 Å². The van der Waals surface area contributed by atoms with Gasteiger partial charge in [0.05, 0.1) is 21.3 Å². The number of amides is 1. The van der Waals surface area contributed by atoms with E-state index in [4.69, 9.17) is 27.7 Å². The molecule has 0 saturated carbocycles. The fourth-order valence-corrected chi connectivity index (χ4v) is 2.87. The maximum absolute atomic E-state index is 14.2. The second-order valence-electron chi connectivity index (χ2n) is 5.50. The third kappa shape index (κ3) is 3.38. The van der Waals surface area contributed by atoms with E-state index in [1.807, 2.05) is 13.0 Å². The van der Waals surface area contributed by atoms with Crippen LogP contribution in [0.3, 0.4) is 0 Å². The molecule has 1 N–H and O–H groups in total. The van der Waals surface area contributed by atoms with E-state index in [1.54, 1.807) is 19.1 Å². The molecule has 128 valence electrons. The molecular formula is C18H13Cl2FN2O2. The Bertz CT molecular complexity index is 949. The average Bonchev–Trinajstić information content (AvgIpc) is 2.92. The van der Waals surface area contributed by atoms with Gasteiger partial charge in [0.15, 0.2) is 0 Å². The van der Waals surface area contributed by atoms with E-state index in [-0.39, 0.29) is 27.6 Å². The number of benzene rings is 2. The number of halogens is 3. The number of aryl methyl sites for hydroxylation is 2. The zero-order valence-corrected chi connectivity index (χ0v) is 14.9. The van der Waals surface area contributed by atoms with E-state index in [0.717, 1.165) is 5.56 Å². The second-order valence-corrected chi connectivity index (χ2v) is 6.31. The third-order valence-corrected chi connectivity index (χ3v) is 4.30. The minimum Gasteiger partial charge on any atom is -0.360 e. The summed E-state index contributed by atoms with van der Waals surface area (Å²) in [6.45, 7) is 3.44. The fraction of sp³-hybridized carbons (Fsp3) is 0.111. The summed E-state index contributed by atoms with van der Waals surface area (Å²) >= 11 is 12.2. The first-order chi connectivity index (χ1) is 11.9. The van der Waals surface area contributed by atoms with Gasteiger partial charge in [-0.3, -0.25) is 4.79 Å². The molecule has 0 unspecified atom stereocenters. The number of anilines is 1. The van der Waals surface area contributed by atoms with Crippen molar-refractivity contribution in [2.24, 2.45) is 0 Å². The Labute approximate surface area is 153 Å². The molecule has 0 spiro atoms. The van der Waals surface area contributed by atoms with Crippen LogP contribution in [0.1, 0.15) is 21.7 Å². The summed E-state index contributed by atoms with van der Waals surface area (Å²) in [6.07, 6.45) is 0. The van der Waals surface area contributed by atoms with Crippen LogP contribution in [0.5, 0.6) is 0 Å². The molecule has 0 atom stereocenters. The van der Waals surface area contributed by atoms with E-state index in [9.17, 15) is 9.18 Å². The monoisotopic (exact) mass is 378 g/mol. The quantitative estimate of drug-likeness (QED) is 0.639. The first-order valence-corrected chi connectivity index (χ1v) is 8.12. The summed E-state index contributed by atoms with van der Waals surface area (Å²) in [7, 11) is 0. The minimum absolute atomic E-state index is 0.0153. The molecule has 25 heavy (non-hydrogen) atoms. The van der Waals surface area contributed by atoms with Crippen molar-refractivity contribution >= 4 is 34.8 Å². The Kier molecular flexibility index (Phi) is 4.79. The minimum atomic E-state index is -0.594. The van der Waals surface area contributed by atoms with Gasteiger partial charge in [-0.25, -0.2) is 4.39 Å². The van der Waals surface area contributed by atoms with Crippen LogP contribution < -0.4 is 5.32 Å². The SMILES string of the molecule is Cc1ccc(Cl)c(NC(=O)c2c(-c3c(F)cccc3Cl)noc2C)c1. The maximum atomic E-state index is 14.2. The standard InChI is InChI=1S/C18H13Cl2FN2O2/c1-9-6-7-11(19)14(8-9)22-18(24)15-10(2)25-23-17(15)16-12(20)4-3-5-13(16)21/h3-8H,1-2H3,(H,22,24). The van der Waals surface area contributed by atoms with Crippen LogP contribution in [-0.4, -0.2) is 11.1 Å². The zero-order valence-electron chi connectivity index (χ0n) is 13.4. The number of hydrogen-bond acceptors (Lipinski definition) is 3. The molecule has 1 amide bonds. The van der Waals surface area contributed by atoms with E-state index >= 15 is 0 Å². The predicted octanol–water partition coefficient (Wildman–Crippen LogP) is 5.66. The number of carbonyl (C=O) groups is 1. The van der Waals surface area contributed by atoms with Crippen molar-refractivity contribution in [3.05, 3.63) is 69.1 Å². The fourth-order valence-electron chi connectivity index (χ4n) is 2.45. The summed E-state index contributed by atoms with van der Waals surface area (Å²) in [4.78, 5) is 12.7. The van der Waals surface area contributed by atoms with Gasteiger partial charge >= 0.3 is 0 Å². The lowest BCUT2D eigenvalue weighted by Gasteiger charge is -2.09. The van der Waals surface area contributed by atoms with Gasteiger partial charge in [0.2, 0.25) is 0 Å². The molecule has 3 aromatic rings. The van der Waals surface area contributed by atoms with Gasteiger partial charge in [0, 0.05) is 0 Å². The zero-order chi connectivity index (χ0) is 18.1. The highest BCUT2D eigenvalue weighted by molar-refractivity contribution is 6.34. The van der Waals surface area contributed by atoms with Crippen molar-refractivity contribution < 1.29 is 13.7 Å². The molecule has 3 rings (SSSR count). The normalized spacial score (nSPS) is 10.8. The molecule has 2 aromatic carbocycles. The highest BCUT2D eigenvalue weighted by Gasteiger charge is 2.25. The second kappa shape index (κ2) is 6.86. The number of rotatable bonds is 3. The van der Waals surface area contributed by atoms with Gasteiger partial charge in [-0.05, 0) is 43.7 Å². The van der Waals surface area contributed by atoms with Gasteiger partial charge < -0.3 is 9.84 Å². The number of nitrogens with one attached hydrogen (secondary N) is 1. The first-order valence-electron chi connectivity index (χ1n) is 7.36. The van der Waals surface area contributed by atoms with Gasteiger partial charge in [0.25, 0.3) is 5.91 Å². The number of aromatic nitrogens is 1. The molecule has 0 aliphatic heterocycles. The Balaban J connectivity index is 2.05. The lowest BCUT2D eigenvalue weighted by Crippen LogP contribution is -2.14. The molecular weight excluding hydrogens is 366 g/mol. The van der Waals surface area contributed by atoms with Gasteiger partial charge in [0.1, 0.15) is 22.8 Å².